The number of unbranched alkanes of at least 4 members (excludes halogenated alkanes) is 44. The number of aliphatic hydroxyl groups excluding tert-OH is 1. The van der Waals surface area contributed by atoms with Crippen LogP contribution < -0.4 is 0 Å². The number of ether oxygens (including phenoxy) is 4. The predicted molar refractivity (Wildman–Crippen MR) is 395 cm³/mol. The minimum absolute atomic E-state index is 0.106. The molecule has 0 aromatic heterocycles. The summed E-state index contributed by atoms with van der Waals surface area (Å²) in [6.45, 7) is 11.9. The van der Waals surface area contributed by atoms with Gasteiger partial charge in [0, 0.05) is 25.7 Å². The van der Waals surface area contributed by atoms with E-state index in [1.165, 1.54) is 205 Å². The van der Waals surface area contributed by atoms with E-state index < -0.39 is 97.5 Å². The molecule has 17 nitrogen and oxygen atoms in total. The number of hydrogen-bond donors (Lipinski definition) is 3. The van der Waals surface area contributed by atoms with Gasteiger partial charge in [0.25, 0.3) is 0 Å². The van der Waals surface area contributed by atoms with Crippen LogP contribution in [0.2, 0.25) is 0 Å². The number of rotatable bonds is 76. The fourth-order valence-electron chi connectivity index (χ4n) is 12.0. The van der Waals surface area contributed by atoms with Crippen molar-refractivity contribution in [2.45, 2.75) is 420 Å². The zero-order valence-electron chi connectivity index (χ0n) is 63.5. The Balaban J connectivity index is 5.13. The summed E-state index contributed by atoms with van der Waals surface area (Å²) < 4.78 is 68.4. The van der Waals surface area contributed by atoms with Crippen LogP contribution in [0, 0.1) is 17.8 Å². The van der Waals surface area contributed by atoms with Gasteiger partial charge in [0.1, 0.15) is 19.3 Å². The molecule has 0 rings (SSSR count). The van der Waals surface area contributed by atoms with Crippen molar-refractivity contribution in [1.82, 2.24) is 0 Å². The van der Waals surface area contributed by atoms with Crippen molar-refractivity contribution < 1.29 is 80.2 Å². The van der Waals surface area contributed by atoms with E-state index in [2.05, 4.69) is 48.5 Å². The fraction of sp³-hybridized carbons (Fsp3) is 0.949. The minimum Gasteiger partial charge on any atom is -0.462 e. The maximum absolute atomic E-state index is 13.1. The van der Waals surface area contributed by atoms with E-state index in [9.17, 15) is 43.2 Å². The molecule has 5 atom stereocenters. The van der Waals surface area contributed by atoms with Crippen LogP contribution in [0.25, 0.3) is 0 Å². The fourth-order valence-corrected chi connectivity index (χ4v) is 13.5. The monoisotopic (exact) mass is 1420 g/mol. The molecule has 0 aliphatic rings. The van der Waals surface area contributed by atoms with Crippen LogP contribution in [0.1, 0.15) is 402 Å². The molecule has 0 aromatic rings. The van der Waals surface area contributed by atoms with Crippen molar-refractivity contribution in [3.63, 3.8) is 0 Å². The summed E-state index contributed by atoms with van der Waals surface area (Å²) in [6, 6.07) is 0. The molecule has 0 bridgehead atoms. The topological polar surface area (TPSA) is 237 Å². The first-order valence-corrected chi connectivity index (χ1v) is 43.3. The van der Waals surface area contributed by atoms with E-state index >= 15 is 0 Å². The first kappa shape index (κ1) is 95.1. The molecule has 0 saturated carbocycles. The summed E-state index contributed by atoms with van der Waals surface area (Å²) in [6.07, 6.45) is 56.0. The molecule has 0 aliphatic heterocycles. The third kappa shape index (κ3) is 72.2. The molecule has 19 heteroatoms. The molecule has 0 spiro atoms. The highest BCUT2D eigenvalue weighted by Crippen LogP contribution is 2.45. The lowest BCUT2D eigenvalue weighted by Gasteiger charge is -2.21. The SMILES string of the molecule is CCCCCCCC(=O)OC[C@H](COP(=O)(O)OC[C@H](O)COP(=O)(O)OC[C@@H](COC(=O)CCCCCCCCCCCCCCCC(C)C)OC(=O)CCCCCCCCCCCCCCCCCCCCC(C)C)OC(=O)CCCCCCCCCCCCCCC(C)C. The average Bonchev–Trinajstić information content (AvgIpc) is 1.15. The summed E-state index contributed by atoms with van der Waals surface area (Å²) in [5, 5.41) is 10.6. The molecular weight excluding hydrogens is 1270 g/mol. The van der Waals surface area contributed by atoms with E-state index in [0.717, 1.165) is 114 Å². The Bertz CT molecular complexity index is 1890. The maximum atomic E-state index is 13.1. The van der Waals surface area contributed by atoms with Gasteiger partial charge in [-0.15, -0.1) is 0 Å². The van der Waals surface area contributed by atoms with E-state index in [4.69, 9.17) is 37.0 Å². The number of phosphoric acid groups is 2. The van der Waals surface area contributed by atoms with Crippen molar-refractivity contribution in [3.05, 3.63) is 0 Å². The Morgan fingerprint density at radius 3 is 0.701 bits per heavy atom. The third-order valence-corrected chi connectivity index (χ3v) is 20.0. The maximum Gasteiger partial charge on any atom is 0.472 e. The molecule has 0 heterocycles. The second-order valence-corrected chi connectivity index (χ2v) is 32.4. The summed E-state index contributed by atoms with van der Waals surface area (Å²) in [4.78, 5) is 72.6. The third-order valence-electron chi connectivity index (χ3n) is 18.1. The van der Waals surface area contributed by atoms with Crippen LogP contribution in [0.4, 0.5) is 0 Å². The van der Waals surface area contributed by atoms with Gasteiger partial charge < -0.3 is 33.8 Å². The number of esters is 4. The van der Waals surface area contributed by atoms with E-state index in [1.54, 1.807) is 0 Å². The van der Waals surface area contributed by atoms with Gasteiger partial charge in [0.15, 0.2) is 12.2 Å². The summed E-state index contributed by atoms with van der Waals surface area (Å²) in [5.74, 6) is 0.262. The predicted octanol–water partition coefficient (Wildman–Crippen LogP) is 23.0. The Morgan fingerprint density at radius 1 is 0.278 bits per heavy atom. The van der Waals surface area contributed by atoms with E-state index in [1.807, 2.05) is 0 Å². The number of aliphatic hydroxyl groups is 1. The smallest absolute Gasteiger partial charge is 0.462 e. The van der Waals surface area contributed by atoms with Gasteiger partial charge in [-0.3, -0.25) is 37.3 Å². The number of carbonyl (C=O) groups is 4. The van der Waals surface area contributed by atoms with E-state index in [-0.39, 0.29) is 25.7 Å². The van der Waals surface area contributed by atoms with Crippen LogP contribution in [-0.2, 0) is 65.4 Å². The lowest BCUT2D eigenvalue weighted by molar-refractivity contribution is -0.161. The molecule has 0 radical (unpaired) electrons. The minimum atomic E-state index is -4.96. The number of carbonyl (C=O) groups excluding carboxylic acids is 4. The highest BCUT2D eigenvalue weighted by atomic mass is 31.2. The van der Waals surface area contributed by atoms with Crippen molar-refractivity contribution in [3.8, 4) is 0 Å². The second kappa shape index (κ2) is 68.5. The lowest BCUT2D eigenvalue weighted by Crippen LogP contribution is -2.30. The molecular formula is C78H152O17P2. The zero-order valence-corrected chi connectivity index (χ0v) is 65.3. The molecule has 0 fully saturated rings. The number of phosphoric ester groups is 2. The largest absolute Gasteiger partial charge is 0.472 e. The van der Waals surface area contributed by atoms with Crippen LogP contribution in [0.3, 0.4) is 0 Å². The molecule has 576 valence electrons. The van der Waals surface area contributed by atoms with Gasteiger partial charge in [0.05, 0.1) is 26.4 Å². The van der Waals surface area contributed by atoms with Gasteiger partial charge in [0.2, 0.25) is 0 Å². The summed E-state index contributed by atoms with van der Waals surface area (Å²) in [5.41, 5.74) is 0. The number of hydrogen-bond acceptors (Lipinski definition) is 15. The summed E-state index contributed by atoms with van der Waals surface area (Å²) in [7, 11) is -9.91. The quantitative estimate of drug-likeness (QED) is 0.0222. The van der Waals surface area contributed by atoms with E-state index in [0.29, 0.717) is 25.7 Å². The molecule has 0 saturated heterocycles. The van der Waals surface area contributed by atoms with Crippen molar-refractivity contribution in [2.75, 3.05) is 39.6 Å². The normalized spacial score (nSPS) is 14.0. The molecule has 0 amide bonds. The van der Waals surface area contributed by atoms with Crippen molar-refractivity contribution in [2.24, 2.45) is 17.8 Å². The van der Waals surface area contributed by atoms with Gasteiger partial charge in [-0.1, -0.05) is 350 Å². The standard InChI is InChI=1S/C78H152O17P2/c1-8-9-10-42-52-59-75(80)88-65-73(94-77(82)61-55-48-41-35-29-23-22-26-32-38-45-51-58-71(6)7)67-92-96(84,85)90-63-72(79)64-91-97(86,87)93-68-74(66-89-76(81)60-53-46-39-33-27-21-17-19-25-31-37-44-50-57-70(4)5)95-78(83)62-54-47-40-34-28-20-16-14-12-11-13-15-18-24-30-36-43-49-56-69(2)3/h69-74,79H,8-68H2,1-7H3,(H,84,85)(H,86,87)/t72-,73+,74+/m0/s1. The van der Waals surface area contributed by atoms with Gasteiger partial charge in [-0.25, -0.2) is 9.13 Å². The molecule has 2 unspecified atom stereocenters. The molecule has 0 aliphatic carbocycles. The summed E-state index contributed by atoms with van der Waals surface area (Å²) >= 11 is 0. The first-order chi connectivity index (χ1) is 46.7. The molecule has 97 heavy (non-hydrogen) atoms. The van der Waals surface area contributed by atoms with Crippen molar-refractivity contribution in [1.29, 1.82) is 0 Å². The Labute approximate surface area is 594 Å². The highest BCUT2D eigenvalue weighted by molar-refractivity contribution is 7.47. The molecule has 0 aromatic carbocycles. The van der Waals surface area contributed by atoms with Crippen LogP contribution in [0.15, 0.2) is 0 Å². The van der Waals surface area contributed by atoms with Gasteiger partial charge >= 0.3 is 39.5 Å². The zero-order chi connectivity index (χ0) is 71.6. The van der Waals surface area contributed by atoms with Gasteiger partial charge in [-0.05, 0) is 43.4 Å². The van der Waals surface area contributed by atoms with Gasteiger partial charge in [-0.2, -0.15) is 0 Å². The van der Waals surface area contributed by atoms with Crippen LogP contribution >= 0.6 is 15.6 Å². The highest BCUT2D eigenvalue weighted by Gasteiger charge is 2.30. The van der Waals surface area contributed by atoms with Crippen LogP contribution in [-0.4, -0.2) is 96.7 Å². The molecule has 3 N–H and O–H groups in total. The Kier molecular flexibility index (Phi) is 67.1. The average molecular weight is 1420 g/mol. The van der Waals surface area contributed by atoms with Crippen molar-refractivity contribution >= 4 is 39.5 Å². The lowest BCUT2D eigenvalue weighted by atomic mass is 10.0. The second-order valence-electron chi connectivity index (χ2n) is 29.5. The Morgan fingerprint density at radius 2 is 0.474 bits per heavy atom. The van der Waals surface area contributed by atoms with Crippen LogP contribution in [0.5, 0.6) is 0 Å². The first-order valence-electron chi connectivity index (χ1n) is 40.3. The Hall–Kier alpha value is -1.94.